The van der Waals surface area contributed by atoms with Crippen LogP contribution in [0.15, 0.2) is 12.4 Å². The maximum Gasteiger partial charge on any atom is 0.258 e. The number of nitrogens with two attached hydrogens (primary N) is 1. The fourth-order valence-corrected chi connectivity index (χ4v) is 1.01. The zero-order chi connectivity index (χ0) is 11.4. The van der Waals surface area contributed by atoms with Gasteiger partial charge in [-0.2, -0.15) is 5.10 Å². The van der Waals surface area contributed by atoms with Gasteiger partial charge in [0, 0.05) is 6.20 Å². The minimum Gasteiger partial charge on any atom is -0.374 e. The zero-order valence-corrected chi connectivity index (χ0v) is 8.15. The van der Waals surface area contributed by atoms with Crippen LogP contribution in [0.1, 0.15) is 6.92 Å². The third-order valence-electron chi connectivity index (χ3n) is 1.72. The molecule has 1 aromatic heterocycles. The van der Waals surface area contributed by atoms with E-state index >= 15 is 0 Å². The van der Waals surface area contributed by atoms with Crippen LogP contribution in [0.25, 0.3) is 0 Å². The van der Waals surface area contributed by atoms with Crippen molar-refractivity contribution in [1.82, 2.24) is 9.78 Å². The normalized spacial score (nSPS) is 12.8. The van der Waals surface area contributed by atoms with Gasteiger partial charge in [-0.05, 0) is 6.92 Å². The second kappa shape index (κ2) is 4.72. The van der Waals surface area contributed by atoms with E-state index in [2.05, 4.69) is 10.4 Å². The van der Waals surface area contributed by atoms with Gasteiger partial charge in [0.1, 0.15) is 6.54 Å². The zero-order valence-electron chi connectivity index (χ0n) is 8.15. The topological polar surface area (TPSA) is 72.9 Å². The predicted molar refractivity (Wildman–Crippen MR) is 50.5 cm³/mol. The smallest absolute Gasteiger partial charge is 0.258 e. The van der Waals surface area contributed by atoms with Crippen LogP contribution < -0.4 is 11.1 Å². The number of anilines is 1. The molecule has 0 aliphatic heterocycles. The molecule has 0 bridgehead atoms. The number of carbonyl (C=O) groups is 1. The first kappa shape index (κ1) is 11.4. The van der Waals surface area contributed by atoms with E-state index in [0.29, 0.717) is 5.69 Å². The fourth-order valence-electron chi connectivity index (χ4n) is 1.01. The Labute approximate surface area is 85.2 Å². The lowest BCUT2D eigenvalue weighted by Gasteiger charge is -2.11. The summed E-state index contributed by atoms with van der Waals surface area (Å²) in [6.07, 6.45) is 0.357. The van der Waals surface area contributed by atoms with E-state index in [9.17, 15) is 13.6 Å². The van der Waals surface area contributed by atoms with Gasteiger partial charge in [0.2, 0.25) is 5.91 Å². The van der Waals surface area contributed by atoms with Gasteiger partial charge < -0.3 is 11.1 Å². The number of nitrogens with one attached hydrogen (secondary N) is 1. The lowest BCUT2D eigenvalue weighted by molar-refractivity contribution is -0.118. The van der Waals surface area contributed by atoms with Gasteiger partial charge in [0.15, 0.2) is 0 Å². The van der Waals surface area contributed by atoms with Crippen molar-refractivity contribution in [2.75, 3.05) is 5.32 Å². The molecular formula is C8H12F2N4O. The van der Waals surface area contributed by atoms with Crippen LogP contribution >= 0.6 is 0 Å². The number of rotatable bonds is 5. The average molecular weight is 218 g/mol. The van der Waals surface area contributed by atoms with Gasteiger partial charge in [-0.15, -0.1) is 0 Å². The van der Waals surface area contributed by atoms with Crippen molar-refractivity contribution in [1.29, 1.82) is 0 Å². The van der Waals surface area contributed by atoms with Gasteiger partial charge in [-0.25, -0.2) is 8.78 Å². The number of alkyl halides is 2. The maximum atomic E-state index is 12.2. The lowest BCUT2D eigenvalue weighted by Crippen LogP contribution is -2.23. The van der Waals surface area contributed by atoms with Crippen LogP contribution in [0, 0.1) is 0 Å². The van der Waals surface area contributed by atoms with E-state index in [-0.39, 0.29) is 6.54 Å². The highest BCUT2D eigenvalue weighted by atomic mass is 19.3. The number of carbonyl (C=O) groups excluding carboxylic acids is 1. The van der Waals surface area contributed by atoms with Crippen molar-refractivity contribution in [2.24, 2.45) is 5.73 Å². The first-order chi connectivity index (χ1) is 6.99. The quantitative estimate of drug-likeness (QED) is 0.752. The van der Waals surface area contributed by atoms with Crippen LogP contribution in [0.3, 0.4) is 0 Å². The lowest BCUT2D eigenvalue weighted by atomic mass is 10.3. The van der Waals surface area contributed by atoms with Crippen molar-refractivity contribution in [2.45, 2.75) is 25.9 Å². The molecule has 0 saturated carbocycles. The van der Waals surface area contributed by atoms with E-state index in [1.807, 2.05) is 0 Å². The second-order valence-electron chi connectivity index (χ2n) is 3.16. The Kier molecular flexibility index (Phi) is 3.59. The summed E-state index contributed by atoms with van der Waals surface area (Å²) in [5.41, 5.74) is 5.38. The Hall–Kier alpha value is -1.66. The van der Waals surface area contributed by atoms with E-state index in [4.69, 9.17) is 5.73 Å². The second-order valence-corrected chi connectivity index (χ2v) is 3.16. The number of hydrogen-bond donors (Lipinski definition) is 2. The molecule has 7 heteroatoms. The minimum absolute atomic E-state index is 0.0647. The number of amides is 1. The number of primary amides is 1. The summed E-state index contributed by atoms with van der Waals surface area (Å²) in [6.45, 7) is 1.29. The molecule has 84 valence electrons. The summed E-state index contributed by atoms with van der Waals surface area (Å²) < 4.78 is 25.6. The molecule has 0 fully saturated rings. The van der Waals surface area contributed by atoms with Crippen LogP contribution in [0.2, 0.25) is 0 Å². The highest BCUT2D eigenvalue weighted by Gasteiger charge is 2.14. The summed E-state index contributed by atoms with van der Waals surface area (Å²) in [5, 5.41) is 6.33. The minimum atomic E-state index is -2.45. The van der Waals surface area contributed by atoms with Gasteiger partial charge >= 0.3 is 0 Å². The SMILES string of the molecule is CC(Nc1cnn(CC(N)=O)c1)C(F)F. The number of hydrogen-bond acceptors (Lipinski definition) is 3. The molecule has 0 aliphatic carbocycles. The van der Waals surface area contributed by atoms with Crippen molar-refractivity contribution < 1.29 is 13.6 Å². The first-order valence-corrected chi connectivity index (χ1v) is 4.34. The summed E-state index contributed by atoms with van der Waals surface area (Å²) >= 11 is 0. The Bertz CT molecular complexity index is 339. The van der Waals surface area contributed by atoms with E-state index in [1.54, 1.807) is 0 Å². The third-order valence-corrected chi connectivity index (χ3v) is 1.72. The van der Waals surface area contributed by atoms with Gasteiger partial charge in [0.25, 0.3) is 6.43 Å². The number of aromatic nitrogens is 2. The Morgan fingerprint density at radius 3 is 2.93 bits per heavy atom. The Balaban J connectivity index is 2.56. The predicted octanol–water partition coefficient (Wildman–Crippen LogP) is 0.434. The standard InChI is InChI=1S/C8H12F2N4O/c1-5(8(9)10)13-6-2-12-14(3-6)4-7(11)15/h2-3,5,8,13H,4H2,1H3,(H2,11,15). The van der Waals surface area contributed by atoms with Crippen molar-refractivity contribution in [3.63, 3.8) is 0 Å². The Morgan fingerprint density at radius 1 is 1.73 bits per heavy atom. The van der Waals surface area contributed by atoms with Gasteiger partial charge in [-0.3, -0.25) is 9.48 Å². The molecule has 1 aromatic rings. The molecule has 1 heterocycles. The van der Waals surface area contributed by atoms with Crippen LogP contribution in [0.5, 0.6) is 0 Å². The molecule has 0 radical (unpaired) electrons. The highest BCUT2D eigenvalue weighted by molar-refractivity contribution is 5.73. The maximum absolute atomic E-state index is 12.2. The molecular weight excluding hydrogens is 206 g/mol. The third kappa shape index (κ3) is 3.53. The van der Waals surface area contributed by atoms with Crippen molar-refractivity contribution >= 4 is 11.6 Å². The fraction of sp³-hybridized carbons (Fsp3) is 0.500. The molecule has 1 rings (SSSR count). The number of halogens is 2. The molecule has 0 saturated heterocycles. The molecule has 1 amide bonds. The van der Waals surface area contributed by atoms with Crippen molar-refractivity contribution in [3.8, 4) is 0 Å². The van der Waals surface area contributed by atoms with Crippen LogP contribution in [-0.4, -0.2) is 28.2 Å². The molecule has 3 N–H and O–H groups in total. The van der Waals surface area contributed by atoms with Gasteiger partial charge in [-0.1, -0.05) is 0 Å². The number of nitrogens with zero attached hydrogens (tertiary/aromatic N) is 2. The largest absolute Gasteiger partial charge is 0.374 e. The average Bonchev–Trinajstić information content (AvgIpc) is 2.51. The summed E-state index contributed by atoms with van der Waals surface area (Å²) in [7, 11) is 0. The van der Waals surface area contributed by atoms with Gasteiger partial charge in [0.05, 0.1) is 17.9 Å². The van der Waals surface area contributed by atoms with Crippen molar-refractivity contribution in [3.05, 3.63) is 12.4 Å². The van der Waals surface area contributed by atoms with Crippen LogP contribution in [-0.2, 0) is 11.3 Å². The summed E-state index contributed by atoms with van der Waals surface area (Å²) in [6, 6.07) is -0.962. The molecule has 0 aliphatic rings. The first-order valence-electron chi connectivity index (χ1n) is 4.34. The Morgan fingerprint density at radius 2 is 2.40 bits per heavy atom. The highest BCUT2D eigenvalue weighted by Crippen LogP contribution is 2.10. The van der Waals surface area contributed by atoms with E-state index < -0.39 is 18.4 Å². The molecule has 1 atom stereocenters. The molecule has 0 aromatic carbocycles. The summed E-state index contributed by atoms with van der Waals surface area (Å²) in [4.78, 5) is 10.5. The van der Waals surface area contributed by atoms with E-state index in [0.717, 1.165) is 0 Å². The van der Waals surface area contributed by atoms with E-state index in [1.165, 1.54) is 24.0 Å². The monoisotopic (exact) mass is 218 g/mol. The molecule has 0 spiro atoms. The van der Waals surface area contributed by atoms with Crippen LogP contribution in [0.4, 0.5) is 14.5 Å². The molecule has 1 unspecified atom stereocenters. The molecule has 5 nitrogen and oxygen atoms in total. The molecule has 15 heavy (non-hydrogen) atoms. The summed E-state index contributed by atoms with van der Waals surface area (Å²) in [5.74, 6) is -0.536.